The Morgan fingerprint density at radius 3 is 2.76 bits per heavy atom. The van der Waals surface area contributed by atoms with Crippen molar-refractivity contribution in [3.63, 3.8) is 0 Å². The summed E-state index contributed by atoms with van der Waals surface area (Å²) in [6.07, 6.45) is 0. The van der Waals surface area contributed by atoms with Gasteiger partial charge in [0.15, 0.2) is 6.61 Å². The van der Waals surface area contributed by atoms with Crippen molar-refractivity contribution in [2.24, 2.45) is 0 Å². The lowest BCUT2D eigenvalue weighted by atomic mass is 10.3. The van der Waals surface area contributed by atoms with E-state index < -0.39 is 11.9 Å². The molecule has 0 aromatic heterocycles. The van der Waals surface area contributed by atoms with Gasteiger partial charge in [-0.2, -0.15) is 0 Å². The van der Waals surface area contributed by atoms with E-state index in [0.29, 0.717) is 10.7 Å². The first-order chi connectivity index (χ1) is 8.15. The van der Waals surface area contributed by atoms with Gasteiger partial charge in [-0.25, -0.2) is 4.79 Å². The van der Waals surface area contributed by atoms with E-state index in [4.69, 9.17) is 11.6 Å². The van der Waals surface area contributed by atoms with Crippen LogP contribution in [0, 0.1) is 9.85 Å². The predicted octanol–water partition coefficient (Wildman–Crippen LogP) is 2.22. The molecule has 1 N–H and O–H groups in total. The molecule has 0 aliphatic rings. The summed E-state index contributed by atoms with van der Waals surface area (Å²) >= 11 is 7.61. The highest BCUT2D eigenvalue weighted by molar-refractivity contribution is 14.1. The maximum Gasteiger partial charge on any atom is 0.398 e. The fraction of sp³-hybridized carbons (Fsp3) is 0.0909. The quantitative estimate of drug-likeness (QED) is 0.379. The lowest BCUT2D eigenvalue weighted by molar-refractivity contribution is -0.151. The summed E-state index contributed by atoms with van der Waals surface area (Å²) in [4.78, 5) is 22.6. The number of anilines is 1. The number of nitrogens with one attached hydrogen (secondary N) is 1. The number of para-hydroxylation sites is 1. The monoisotopic (exact) mass is 363 g/mol. The first kappa shape index (κ1) is 13.8. The lowest BCUT2D eigenvalue weighted by Gasteiger charge is -2.05. The minimum absolute atomic E-state index is 0.113. The second-order valence-electron chi connectivity index (χ2n) is 2.78. The largest absolute Gasteiger partial charge is 0.445 e. The molecule has 0 aliphatic heterocycles. The topological polar surface area (TPSA) is 55.4 Å². The fourth-order valence-electron chi connectivity index (χ4n) is 0.930. The number of amides is 1. The SMILES string of the molecule is O=C(Nc1ccccc1Cl)C(=O)OCC#CI. The highest BCUT2D eigenvalue weighted by atomic mass is 127. The van der Waals surface area contributed by atoms with E-state index in [1.165, 1.54) is 0 Å². The number of esters is 1. The normalized spacial score (nSPS) is 8.82. The Morgan fingerprint density at radius 1 is 1.41 bits per heavy atom. The van der Waals surface area contributed by atoms with Crippen LogP contribution in [0.15, 0.2) is 24.3 Å². The minimum atomic E-state index is -0.996. The zero-order valence-corrected chi connectivity index (χ0v) is 11.4. The van der Waals surface area contributed by atoms with Crippen molar-refractivity contribution in [3.8, 4) is 9.85 Å². The van der Waals surface area contributed by atoms with Gasteiger partial charge in [0, 0.05) is 22.6 Å². The average Bonchev–Trinajstić information content (AvgIpc) is 2.32. The van der Waals surface area contributed by atoms with E-state index in [1.54, 1.807) is 46.9 Å². The number of benzene rings is 1. The molecule has 6 heteroatoms. The van der Waals surface area contributed by atoms with E-state index in [0.717, 1.165) is 0 Å². The Morgan fingerprint density at radius 2 is 2.12 bits per heavy atom. The van der Waals surface area contributed by atoms with Crippen LogP contribution in [-0.2, 0) is 14.3 Å². The Hall–Kier alpha value is -1.26. The van der Waals surface area contributed by atoms with E-state index in [-0.39, 0.29) is 6.61 Å². The number of ether oxygens (including phenoxy) is 1. The summed E-state index contributed by atoms with van der Waals surface area (Å²) in [5.41, 5.74) is 0.357. The van der Waals surface area contributed by atoms with Crippen LogP contribution in [0.25, 0.3) is 0 Å². The van der Waals surface area contributed by atoms with Crippen LogP contribution in [0.2, 0.25) is 5.02 Å². The maximum atomic E-state index is 11.4. The molecule has 0 unspecified atom stereocenters. The fourth-order valence-corrected chi connectivity index (χ4v) is 1.27. The van der Waals surface area contributed by atoms with Gasteiger partial charge in [0.2, 0.25) is 0 Å². The summed E-state index contributed by atoms with van der Waals surface area (Å²) in [5, 5.41) is 2.69. The molecule has 0 heterocycles. The number of carbonyl (C=O) groups excluding carboxylic acids is 2. The minimum Gasteiger partial charge on any atom is -0.445 e. The van der Waals surface area contributed by atoms with Gasteiger partial charge < -0.3 is 10.1 Å². The van der Waals surface area contributed by atoms with Crippen molar-refractivity contribution < 1.29 is 14.3 Å². The molecular formula is C11H7ClINO3. The van der Waals surface area contributed by atoms with Gasteiger partial charge in [-0.1, -0.05) is 29.7 Å². The smallest absolute Gasteiger partial charge is 0.398 e. The van der Waals surface area contributed by atoms with Crippen molar-refractivity contribution in [3.05, 3.63) is 29.3 Å². The average molecular weight is 364 g/mol. The zero-order chi connectivity index (χ0) is 12.7. The molecular weight excluding hydrogens is 356 g/mol. The lowest BCUT2D eigenvalue weighted by Crippen LogP contribution is -2.25. The molecule has 0 radical (unpaired) electrons. The Bertz CT molecular complexity index is 493. The molecule has 0 atom stereocenters. The predicted molar refractivity (Wildman–Crippen MR) is 72.8 cm³/mol. The van der Waals surface area contributed by atoms with Crippen LogP contribution < -0.4 is 5.32 Å². The standard InChI is InChI=1S/C11H7ClINO3/c12-8-4-1-2-5-9(8)14-10(15)11(16)17-7-3-6-13/h1-2,4-5H,7H2,(H,14,15). The number of halogens is 2. The van der Waals surface area contributed by atoms with Crippen molar-refractivity contribution in [2.45, 2.75) is 0 Å². The molecule has 0 fully saturated rings. The van der Waals surface area contributed by atoms with E-state index in [2.05, 4.69) is 19.9 Å². The molecule has 0 saturated carbocycles. The van der Waals surface area contributed by atoms with Crippen LogP contribution in [0.5, 0.6) is 0 Å². The molecule has 1 aromatic rings. The first-order valence-electron chi connectivity index (χ1n) is 4.46. The molecule has 0 spiro atoms. The molecule has 1 rings (SSSR count). The highest BCUT2D eigenvalue weighted by Gasteiger charge is 2.15. The number of rotatable bonds is 2. The van der Waals surface area contributed by atoms with Crippen LogP contribution in [0.3, 0.4) is 0 Å². The summed E-state index contributed by atoms with van der Waals surface area (Å²) in [6.45, 7) is -0.113. The van der Waals surface area contributed by atoms with E-state index in [1.807, 2.05) is 0 Å². The third-order valence-corrected chi connectivity index (χ3v) is 2.36. The highest BCUT2D eigenvalue weighted by Crippen LogP contribution is 2.20. The van der Waals surface area contributed by atoms with Gasteiger partial charge in [-0.05, 0) is 16.1 Å². The Kier molecular flexibility index (Phi) is 5.80. The molecule has 17 heavy (non-hydrogen) atoms. The number of hydrogen-bond donors (Lipinski definition) is 1. The molecule has 0 bridgehead atoms. The van der Waals surface area contributed by atoms with Crippen molar-refractivity contribution in [1.29, 1.82) is 0 Å². The zero-order valence-electron chi connectivity index (χ0n) is 8.50. The summed E-state index contributed by atoms with van der Waals surface area (Å²) in [6, 6.07) is 6.59. The molecule has 0 saturated heterocycles. The van der Waals surface area contributed by atoms with E-state index >= 15 is 0 Å². The van der Waals surface area contributed by atoms with Crippen molar-refractivity contribution in [2.75, 3.05) is 11.9 Å². The maximum absolute atomic E-state index is 11.4. The second-order valence-corrected chi connectivity index (χ2v) is 3.73. The Labute approximate surface area is 117 Å². The molecule has 1 aromatic carbocycles. The van der Waals surface area contributed by atoms with Gasteiger partial charge >= 0.3 is 11.9 Å². The van der Waals surface area contributed by atoms with Gasteiger partial charge in [0.25, 0.3) is 0 Å². The molecule has 4 nitrogen and oxygen atoms in total. The van der Waals surface area contributed by atoms with E-state index in [9.17, 15) is 9.59 Å². The summed E-state index contributed by atoms with van der Waals surface area (Å²) < 4.78 is 7.09. The van der Waals surface area contributed by atoms with Crippen molar-refractivity contribution >= 4 is 51.8 Å². The van der Waals surface area contributed by atoms with Gasteiger partial charge in [0.05, 0.1) is 10.7 Å². The summed E-state index contributed by atoms with van der Waals surface area (Å²) in [7, 11) is 0. The van der Waals surface area contributed by atoms with Gasteiger partial charge in [-0.15, -0.1) is 0 Å². The third kappa shape index (κ3) is 4.63. The number of hydrogen-bond acceptors (Lipinski definition) is 3. The van der Waals surface area contributed by atoms with Crippen LogP contribution in [0.4, 0.5) is 5.69 Å². The third-order valence-electron chi connectivity index (χ3n) is 1.65. The first-order valence-corrected chi connectivity index (χ1v) is 5.92. The van der Waals surface area contributed by atoms with Crippen LogP contribution in [-0.4, -0.2) is 18.5 Å². The van der Waals surface area contributed by atoms with Crippen molar-refractivity contribution in [1.82, 2.24) is 0 Å². The van der Waals surface area contributed by atoms with Gasteiger partial charge in [-0.3, -0.25) is 4.79 Å². The number of carbonyl (C=O) groups is 2. The molecule has 1 amide bonds. The van der Waals surface area contributed by atoms with Crippen LogP contribution in [0.1, 0.15) is 0 Å². The molecule has 88 valence electrons. The van der Waals surface area contributed by atoms with Crippen LogP contribution >= 0.6 is 34.2 Å². The summed E-state index contributed by atoms with van der Waals surface area (Å²) in [5.74, 6) is 0.619. The van der Waals surface area contributed by atoms with Gasteiger partial charge in [0.1, 0.15) is 0 Å². The Balaban J connectivity index is 2.57. The molecule has 0 aliphatic carbocycles. The second kappa shape index (κ2) is 7.14.